The Morgan fingerprint density at radius 3 is 2.55 bits per heavy atom. The molecule has 0 saturated carbocycles. The second-order valence-electron chi connectivity index (χ2n) is 1.67. The fourth-order valence-electron chi connectivity index (χ4n) is 0.502. The Kier molecular flexibility index (Phi) is 4.07. The van der Waals surface area contributed by atoms with E-state index >= 15 is 0 Å². The highest BCUT2D eigenvalue weighted by Crippen LogP contribution is 2.05. The molecule has 0 radical (unpaired) electrons. The number of carboxylic acids is 1. The van der Waals surface area contributed by atoms with Gasteiger partial charge in [-0.2, -0.15) is 0 Å². The quantitative estimate of drug-likeness (QED) is 0.761. The van der Waals surface area contributed by atoms with E-state index in [1.54, 1.807) is 6.07 Å². The summed E-state index contributed by atoms with van der Waals surface area (Å²) in [6.07, 6.45) is 1.30. The van der Waals surface area contributed by atoms with E-state index in [2.05, 4.69) is 20.9 Å². The maximum absolute atomic E-state index is 10.3. The van der Waals surface area contributed by atoms with Crippen molar-refractivity contribution in [1.82, 2.24) is 4.98 Å². The van der Waals surface area contributed by atoms with Gasteiger partial charge in [0.25, 0.3) is 0 Å². The molecule has 0 aliphatic rings. The van der Waals surface area contributed by atoms with Gasteiger partial charge in [0.1, 0.15) is 4.60 Å². The number of rotatable bonds is 1. The van der Waals surface area contributed by atoms with Crippen LogP contribution in [-0.4, -0.2) is 16.1 Å². The van der Waals surface area contributed by atoms with Crippen LogP contribution in [-0.2, 0) is 0 Å². The Bertz CT molecular complexity index is 249. The van der Waals surface area contributed by atoms with Gasteiger partial charge in [-0.1, -0.05) is 0 Å². The van der Waals surface area contributed by atoms with Crippen LogP contribution in [0.15, 0.2) is 22.9 Å². The number of pyridine rings is 1. The zero-order valence-corrected chi connectivity index (χ0v) is 7.72. The Morgan fingerprint density at radius 2 is 2.18 bits per heavy atom. The molecule has 0 amide bonds. The van der Waals surface area contributed by atoms with Gasteiger partial charge in [0.15, 0.2) is 0 Å². The molecule has 0 aromatic carbocycles. The summed E-state index contributed by atoms with van der Waals surface area (Å²) in [5.41, 5.74) is 0.197. The summed E-state index contributed by atoms with van der Waals surface area (Å²) in [6.45, 7) is 0. The minimum absolute atomic E-state index is 0. The zero-order valence-electron chi connectivity index (χ0n) is 5.32. The Balaban J connectivity index is 0.000001000. The number of hydrogen-bond donors (Lipinski definition) is 1. The molecule has 0 saturated heterocycles. The molecule has 1 rings (SSSR count). The van der Waals surface area contributed by atoms with Crippen molar-refractivity contribution in [2.45, 2.75) is 0 Å². The highest BCUT2D eigenvalue weighted by molar-refractivity contribution is 9.10. The van der Waals surface area contributed by atoms with Crippen molar-refractivity contribution < 1.29 is 9.90 Å². The van der Waals surface area contributed by atoms with E-state index in [9.17, 15) is 4.79 Å². The van der Waals surface area contributed by atoms with Gasteiger partial charge < -0.3 is 5.11 Å². The number of aromatic carboxylic acids is 1. The Morgan fingerprint density at radius 1 is 1.55 bits per heavy atom. The molecule has 0 atom stereocenters. The monoisotopic (exact) mass is 237 g/mol. The highest BCUT2D eigenvalue weighted by atomic mass is 79.9. The lowest BCUT2D eigenvalue weighted by Gasteiger charge is -1.91. The van der Waals surface area contributed by atoms with Crippen molar-refractivity contribution in [2.24, 2.45) is 0 Å². The Hall–Kier alpha value is -0.610. The predicted molar refractivity (Wildman–Crippen MR) is 46.1 cm³/mol. The summed E-state index contributed by atoms with van der Waals surface area (Å²) in [7, 11) is 0. The van der Waals surface area contributed by atoms with Crippen molar-refractivity contribution in [2.75, 3.05) is 0 Å². The molecular formula is C6H5BrClNO2. The SMILES string of the molecule is Cl.O=C(O)c1ccc(Br)nc1. The minimum atomic E-state index is -0.958. The zero-order chi connectivity index (χ0) is 7.56. The van der Waals surface area contributed by atoms with Gasteiger partial charge in [-0.05, 0) is 28.1 Å². The van der Waals surface area contributed by atoms with Gasteiger partial charge >= 0.3 is 5.97 Å². The molecule has 0 aliphatic carbocycles. The third-order valence-electron chi connectivity index (χ3n) is 0.974. The van der Waals surface area contributed by atoms with Crippen LogP contribution in [0.1, 0.15) is 10.4 Å². The van der Waals surface area contributed by atoms with E-state index in [-0.39, 0.29) is 18.0 Å². The molecule has 0 unspecified atom stereocenters. The first-order valence-corrected chi connectivity index (χ1v) is 3.34. The van der Waals surface area contributed by atoms with Crippen LogP contribution in [0.3, 0.4) is 0 Å². The summed E-state index contributed by atoms with van der Waals surface area (Å²) >= 11 is 3.09. The largest absolute Gasteiger partial charge is 0.478 e. The summed E-state index contributed by atoms with van der Waals surface area (Å²) in [4.78, 5) is 14.0. The minimum Gasteiger partial charge on any atom is -0.478 e. The van der Waals surface area contributed by atoms with Gasteiger partial charge in [0.2, 0.25) is 0 Å². The number of hydrogen-bond acceptors (Lipinski definition) is 2. The third kappa shape index (κ3) is 2.86. The first kappa shape index (κ1) is 10.4. The van der Waals surface area contributed by atoms with Crippen LogP contribution in [0.5, 0.6) is 0 Å². The maximum atomic E-state index is 10.3. The van der Waals surface area contributed by atoms with E-state index in [1.807, 2.05) is 0 Å². The smallest absolute Gasteiger partial charge is 0.337 e. The highest BCUT2D eigenvalue weighted by Gasteiger charge is 2.00. The molecule has 3 nitrogen and oxygen atoms in total. The molecule has 1 aromatic rings. The molecule has 60 valence electrons. The van der Waals surface area contributed by atoms with Gasteiger partial charge in [-0.3, -0.25) is 0 Å². The second kappa shape index (κ2) is 4.31. The van der Waals surface area contributed by atoms with Gasteiger partial charge in [-0.15, -0.1) is 12.4 Å². The van der Waals surface area contributed by atoms with Crippen LogP contribution < -0.4 is 0 Å². The van der Waals surface area contributed by atoms with E-state index in [0.29, 0.717) is 4.60 Å². The normalized spacial score (nSPS) is 8.45. The lowest BCUT2D eigenvalue weighted by molar-refractivity contribution is 0.0696. The van der Waals surface area contributed by atoms with E-state index in [4.69, 9.17) is 5.11 Å². The van der Waals surface area contributed by atoms with Crippen molar-refractivity contribution in [1.29, 1.82) is 0 Å². The molecule has 1 N–H and O–H groups in total. The van der Waals surface area contributed by atoms with Crippen molar-refractivity contribution in [3.8, 4) is 0 Å². The lowest BCUT2D eigenvalue weighted by atomic mass is 10.3. The molecule has 0 bridgehead atoms. The second-order valence-corrected chi connectivity index (χ2v) is 2.49. The molecule has 5 heteroatoms. The molecule has 1 aromatic heterocycles. The fourth-order valence-corrected chi connectivity index (χ4v) is 0.737. The van der Waals surface area contributed by atoms with Crippen molar-refractivity contribution in [3.63, 3.8) is 0 Å². The topological polar surface area (TPSA) is 50.2 Å². The number of nitrogens with zero attached hydrogens (tertiary/aromatic N) is 1. The van der Waals surface area contributed by atoms with E-state index in [1.165, 1.54) is 12.3 Å². The molecule has 1 heterocycles. The summed E-state index contributed by atoms with van der Waals surface area (Å²) in [5.74, 6) is -0.958. The number of carboxylic acid groups (broad SMARTS) is 1. The van der Waals surface area contributed by atoms with Crippen LogP contribution in [0.4, 0.5) is 0 Å². The molecule has 11 heavy (non-hydrogen) atoms. The van der Waals surface area contributed by atoms with Crippen LogP contribution in [0.25, 0.3) is 0 Å². The fraction of sp³-hybridized carbons (Fsp3) is 0. The van der Waals surface area contributed by atoms with E-state index in [0.717, 1.165) is 0 Å². The standard InChI is InChI=1S/C6H4BrNO2.ClH/c7-5-2-1-4(3-8-5)6(9)10;/h1-3H,(H,9,10);1H. The molecule has 0 aliphatic heterocycles. The molecular weight excluding hydrogens is 233 g/mol. The van der Waals surface area contributed by atoms with Gasteiger partial charge in [-0.25, -0.2) is 9.78 Å². The summed E-state index contributed by atoms with van der Waals surface area (Å²) < 4.78 is 0.637. The van der Waals surface area contributed by atoms with Gasteiger partial charge in [0.05, 0.1) is 5.56 Å². The number of aromatic nitrogens is 1. The summed E-state index contributed by atoms with van der Waals surface area (Å²) in [6, 6.07) is 3.07. The average molecular weight is 238 g/mol. The van der Waals surface area contributed by atoms with Crippen LogP contribution >= 0.6 is 28.3 Å². The first-order valence-electron chi connectivity index (χ1n) is 2.55. The van der Waals surface area contributed by atoms with Crippen molar-refractivity contribution >= 4 is 34.3 Å². The predicted octanol–water partition coefficient (Wildman–Crippen LogP) is 1.96. The van der Waals surface area contributed by atoms with E-state index < -0.39 is 5.97 Å². The number of halogens is 2. The van der Waals surface area contributed by atoms with Crippen molar-refractivity contribution in [3.05, 3.63) is 28.5 Å². The first-order chi connectivity index (χ1) is 4.70. The van der Waals surface area contributed by atoms with Gasteiger partial charge in [0, 0.05) is 6.20 Å². The molecule has 0 fully saturated rings. The maximum Gasteiger partial charge on any atom is 0.337 e. The number of carbonyl (C=O) groups is 1. The summed E-state index contributed by atoms with van der Waals surface area (Å²) in [5, 5.41) is 8.42. The van der Waals surface area contributed by atoms with Crippen LogP contribution in [0, 0.1) is 0 Å². The molecule has 0 spiro atoms. The lowest BCUT2D eigenvalue weighted by Crippen LogP contribution is -1.95. The third-order valence-corrected chi connectivity index (χ3v) is 1.44. The van der Waals surface area contributed by atoms with Crippen LogP contribution in [0.2, 0.25) is 0 Å². The average Bonchev–Trinajstić information content (AvgIpc) is 1.88. The Labute approximate surface area is 78.0 Å².